The van der Waals surface area contributed by atoms with E-state index in [1.165, 1.54) is 0 Å². The molecule has 0 fully saturated rings. The van der Waals surface area contributed by atoms with Crippen molar-refractivity contribution >= 4 is 30.1 Å². The van der Waals surface area contributed by atoms with Crippen LogP contribution >= 0.6 is 24.2 Å². The monoisotopic (exact) mass is 376 g/mol. The van der Waals surface area contributed by atoms with Crippen molar-refractivity contribution in [2.45, 2.75) is 37.6 Å². The van der Waals surface area contributed by atoms with E-state index in [0.29, 0.717) is 30.2 Å². The summed E-state index contributed by atoms with van der Waals surface area (Å²) in [5, 5.41) is 3.05. The number of halogens is 1. The molecule has 0 radical (unpaired) electrons. The van der Waals surface area contributed by atoms with Crippen molar-refractivity contribution < 1.29 is 14.3 Å². The zero-order valence-electron chi connectivity index (χ0n) is 15.0. The normalized spacial score (nSPS) is 13.0. The van der Waals surface area contributed by atoms with Crippen LogP contribution in [0.5, 0.6) is 11.5 Å². The second-order valence-corrected chi connectivity index (χ2v) is 7.11. The Kier molecular flexibility index (Phi) is 10.2. The van der Waals surface area contributed by atoms with Gasteiger partial charge in [0.25, 0.3) is 0 Å². The number of hydrogen-bond donors (Lipinski definition) is 2. The third-order valence-electron chi connectivity index (χ3n) is 4.08. The second-order valence-electron chi connectivity index (χ2n) is 5.94. The standard InChI is InChI=1S/C17H28N2O3S.ClH/c1-12(2)17(3,11-18)19-16(20)8-9-23-13-6-7-14(21-4)15(10-13)22-5;/h6-7,10,12H,8-9,11,18H2,1-5H3,(H,19,20);1H. The fourth-order valence-corrected chi connectivity index (χ4v) is 2.86. The molecule has 1 aromatic rings. The van der Waals surface area contributed by atoms with Crippen molar-refractivity contribution in [1.82, 2.24) is 5.32 Å². The maximum Gasteiger partial charge on any atom is 0.221 e. The fraction of sp³-hybridized carbons (Fsp3) is 0.588. The van der Waals surface area contributed by atoms with E-state index < -0.39 is 0 Å². The summed E-state index contributed by atoms with van der Waals surface area (Å²) >= 11 is 1.61. The average molecular weight is 377 g/mol. The van der Waals surface area contributed by atoms with Gasteiger partial charge in [-0.05, 0) is 31.0 Å². The number of carbonyl (C=O) groups excluding carboxylic acids is 1. The molecule has 0 aliphatic heterocycles. The Morgan fingerprint density at radius 3 is 2.42 bits per heavy atom. The molecule has 0 aliphatic rings. The first kappa shape index (κ1) is 22.9. The fourth-order valence-electron chi connectivity index (χ4n) is 1.98. The molecule has 1 amide bonds. The van der Waals surface area contributed by atoms with Crippen molar-refractivity contribution in [2.24, 2.45) is 11.7 Å². The van der Waals surface area contributed by atoms with Gasteiger partial charge < -0.3 is 20.5 Å². The van der Waals surface area contributed by atoms with E-state index in [9.17, 15) is 4.79 Å². The summed E-state index contributed by atoms with van der Waals surface area (Å²) in [5.74, 6) is 2.40. The Labute approximate surface area is 155 Å². The molecule has 1 rings (SSSR count). The van der Waals surface area contributed by atoms with E-state index in [1.807, 2.05) is 25.1 Å². The van der Waals surface area contributed by atoms with E-state index in [0.717, 1.165) is 4.90 Å². The average Bonchev–Trinajstić information content (AvgIpc) is 2.54. The van der Waals surface area contributed by atoms with Gasteiger partial charge in [-0.3, -0.25) is 4.79 Å². The highest BCUT2D eigenvalue weighted by Crippen LogP contribution is 2.32. The first-order chi connectivity index (χ1) is 10.9. The number of nitrogens with one attached hydrogen (secondary N) is 1. The van der Waals surface area contributed by atoms with Crippen molar-refractivity contribution in [2.75, 3.05) is 26.5 Å². The number of nitrogens with two attached hydrogens (primary N) is 1. The lowest BCUT2D eigenvalue weighted by molar-refractivity contribution is -0.122. The van der Waals surface area contributed by atoms with E-state index in [1.54, 1.807) is 26.0 Å². The minimum absolute atomic E-state index is 0. The Hall–Kier alpha value is -1.11. The molecule has 0 aromatic heterocycles. The lowest BCUT2D eigenvalue weighted by Crippen LogP contribution is -2.55. The zero-order chi connectivity index (χ0) is 17.5. The largest absolute Gasteiger partial charge is 0.493 e. The van der Waals surface area contributed by atoms with Crippen LogP contribution in [0.4, 0.5) is 0 Å². The summed E-state index contributed by atoms with van der Waals surface area (Å²) in [6.07, 6.45) is 0.446. The highest BCUT2D eigenvalue weighted by atomic mass is 35.5. The van der Waals surface area contributed by atoms with Crippen molar-refractivity contribution in [1.29, 1.82) is 0 Å². The Morgan fingerprint density at radius 2 is 1.92 bits per heavy atom. The first-order valence-corrected chi connectivity index (χ1v) is 8.70. The summed E-state index contributed by atoms with van der Waals surface area (Å²) in [5.41, 5.74) is 5.43. The van der Waals surface area contributed by atoms with Crippen LogP contribution in [0.1, 0.15) is 27.2 Å². The first-order valence-electron chi connectivity index (χ1n) is 7.72. The van der Waals surface area contributed by atoms with Gasteiger partial charge in [-0.1, -0.05) is 13.8 Å². The number of carbonyl (C=O) groups is 1. The number of hydrogen-bond acceptors (Lipinski definition) is 5. The molecule has 0 spiro atoms. The van der Waals surface area contributed by atoms with E-state index >= 15 is 0 Å². The Morgan fingerprint density at radius 1 is 1.29 bits per heavy atom. The SMILES string of the molecule is COc1ccc(SCCC(=O)NC(C)(CN)C(C)C)cc1OC.Cl. The van der Waals surface area contributed by atoms with Crippen LogP contribution in [0.25, 0.3) is 0 Å². The van der Waals surface area contributed by atoms with Crippen LogP contribution < -0.4 is 20.5 Å². The highest BCUT2D eigenvalue weighted by Gasteiger charge is 2.28. The molecule has 1 atom stereocenters. The van der Waals surface area contributed by atoms with Gasteiger partial charge in [0.2, 0.25) is 5.91 Å². The molecule has 138 valence electrons. The lowest BCUT2D eigenvalue weighted by Gasteiger charge is -2.33. The maximum atomic E-state index is 12.1. The zero-order valence-corrected chi connectivity index (χ0v) is 16.7. The van der Waals surface area contributed by atoms with Crippen molar-refractivity contribution in [3.63, 3.8) is 0 Å². The topological polar surface area (TPSA) is 73.6 Å². The quantitative estimate of drug-likeness (QED) is 0.648. The number of ether oxygens (including phenoxy) is 2. The second kappa shape index (κ2) is 10.7. The third-order valence-corrected chi connectivity index (χ3v) is 5.07. The number of benzene rings is 1. The predicted molar refractivity (Wildman–Crippen MR) is 103 cm³/mol. The van der Waals surface area contributed by atoms with Gasteiger partial charge in [0, 0.05) is 23.6 Å². The molecule has 0 saturated carbocycles. The van der Waals surface area contributed by atoms with Gasteiger partial charge in [0.05, 0.1) is 19.8 Å². The Balaban J connectivity index is 0.00000529. The summed E-state index contributed by atoms with van der Waals surface area (Å²) in [7, 11) is 3.22. The van der Waals surface area contributed by atoms with Gasteiger partial charge in [0.1, 0.15) is 0 Å². The predicted octanol–water partition coefficient (Wildman–Crippen LogP) is 3.10. The van der Waals surface area contributed by atoms with Crippen LogP contribution in [0.3, 0.4) is 0 Å². The van der Waals surface area contributed by atoms with Gasteiger partial charge in [-0.15, -0.1) is 24.2 Å². The third kappa shape index (κ3) is 6.42. The summed E-state index contributed by atoms with van der Waals surface area (Å²) in [6, 6.07) is 5.74. The number of methoxy groups -OCH3 is 2. The molecule has 3 N–H and O–H groups in total. The number of rotatable bonds is 9. The molecular weight excluding hydrogens is 348 g/mol. The molecule has 1 unspecified atom stereocenters. The Bertz CT molecular complexity index is 529. The van der Waals surface area contributed by atoms with Crippen molar-refractivity contribution in [3.05, 3.63) is 18.2 Å². The molecule has 1 aromatic carbocycles. The molecule has 5 nitrogen and oxygen atoms in total. The van der Waals surface area contributed by atoms with Crippen molar-refractivity contribution in [3.8, 4) is 11.5 Å². The highest BCUT2D eigenvalue weighted by molar-refractivity contribution is 7.99. The number of thioether (sulfide) groups is 1. The van der Waals surface area contributed by atoms with E-state index in [4.69, 9.17) is 15.2 Å². The molecule has 7 heteroatoms. The van der Waals surface area contributed by atoms with Gasteiger partial charge in [-0.2, -0.15) is 0 Å². The van der Waals surface area contributed by atoms with Crippen LogP contribution in [-0.4, -0.2) is 38.0 Å². The maximum absolute atomic E-state index is 12.1. The van der Waals surface area contributed by atoms with E-state index in [2.05, 4.69) is 19.2 Å². The molecule has 0 bridgehead atoms. The summed E-state index contributed by atoms with van der Waals surface area (Å²) < 4.78 is 10.5. The molecule has 24 heavy (non-hydrogen) atoms. The van der Waals surface area contributed by atoms with Gasteiger partial charge in [-0.25, -0.2) is 0 Å². The molecule has 0 saturated heterocycles. The minimum Gasteiger partial charge on any atom is -0.493 e. The summed E-state index contributed by atoms with van der Waals surface area (Å²) in [4.78, 5) is 13.2. The lowest BCUT2D eigenvalue weighted by atomic mass is 9.88. The molecule has 0 heterocycles. The smallest absolute Gasteiger partial charge is 0.221 e. The van der Waals surface area contributed by atoms with Crippen LogP contribution in [-0.2, 0) is 4.79 Å². The van der Waals surface area contributed by atoms with Gasteiger partial charge in [0.15, 0.2) is 11.5 Å². The molecule has 0 aliphatic carbocycles. The molecular formula is C17H29ClN2O3S. The minimum atomic E-state index is -0.356. The summed E-state index contributed by atoms with van der Waals surface area (Å²) in [6.45, 7) is 6.54. The van der Waals surface area contributed by atoms with Crippen LogP contribution in [0.15, 0.2) is 23.1 Å². The van der Waals surface area contributed by atoms with Gasteiger partial charge >= 0.3 is 0 Å². The van der Waals surface area contributed by atoms with Crippen LogP contribution in [0.2, 0.25) is 0 Å². The van der Waals surface area contributed by atoms with E-state index in [-0.39, 0.29) is 29.8 Å². The van der Waals surface area contributed by atoms with Crippen LogP contribution in [0, 0.1) is 5.92 Å². The number of amides is 1.